The van der Waals surface area contributed by atoms with Crippen LogP contribution >= 0.6 is 0 Å². The number of halogens is 1. The van der Waals surface area contributed by atoms with Crippen LogP contribution in [0.3, 0.4) is 0 Å². The van der Waals surface area contributed by atoms with Gasteiger partial charge in [-0.2, -0.15) is 0 Å². The zero-order chi connectivity index (χ0) is 15.6. The lowest BCUT2D eigenvalue weighted by Gasteiger charge is -2.21. The largest absolute Gasteiger partial charge is 0.390 e. The second kappa shape index (κ2) is 6.26. The van der Waals surface area contributed by atoms with Gasteiger partial charge in [0.05, 0.1) is 6.10 Å². The van der Waals surface area contributed by atoms with E-state index in [0.29, 0.717) is 6.42 Å². The van der Waals surface area contributed by atoms with Crippen LogP contribution in [0.1, 0.15) is 33.3 Å². The molecule has 2 rings (SSSR count). The predicted octanol–water partition coefficient (Wildman–Crippen LogP) is 3.22. The molecule has 1 fully saturated rings. The molecule has 0 amide bonds. The van der Waals surface area contributed by atoms with Crippen molar-refractivity contribution in [1.82, 2.24) is 0 Å². The maximum Gasteiger partial charge on any atom is 0.164 e. The standard InChI is InChI=1S/C17H23FO3/c1-11(2)9-15-16(21-17(3,4)20-15)14(19)10-12-5-7-13(18)8-6-12/h5-9,14-16,19H,10H2,1-4H3/t14?,15-,16+/m0/s1. The van der Waals surface area contributed by atoms with Crippen LogP contribution in [0.25, 0.3) is 0 Å². The van der Waals surface area contributed by atoms with Crippen LogP contribution in [0.2, 0.25) is 0 Å². The SMILES string of the molecule is CC(C)=C[C@@H]1OC(C)(C)O[C@@H]1C(O)Cc1ccc(F)cc1. The number of hydrogen-bond acceptors (Lipinski definition) is 3. The summed E-state index contributed by atoms with van der Waals surface area (Å²) in [4.78, 5) is 0. The molecule has 21 heavy (non-hydrogen) atoms. The molecular formula is C17H23FO3. The summed E-state index contributed by atoms with van der Waals surface area (Å²) in [5.41, 5.74) is 1.98. The van der Waals surface area contributed by atoms with Crippen LogP contribution in [0.5, 0.6) is 0 Å². The summed E-state index contributed by atoms with van der Waals surface area (Å²) in [7, 11) is 0. The third-order valence-corrected chi connectivity index (χ3v) is 3.40. The second-order valence-corrected chi connectivity index (χ2v) is 6.21. The highest BCUT2D eigenvalue weighted by molar-refractivity contribution is 5.18. The van der Waals surface area contributed by atoms with Gasteiger partial charge in [-0.05, 0) is 45.4 Å². The molecule has 1 aliphatic heterocycles. The first-order valence-electron chi connectivity index (χ1n) is 7.20. The lowest BCUT2D eigenvalue weighted by atomic mass is 9.99. The van der Waals surface area contributed by atoms with Crippen molar-refractivity contribution in [3.8, 4) is 0 Å². The molecule has 0 aliphatic carbocycles. The topological polar surface area (TPSA) is 38.7 Å². The molecule has 1 heterocycles. The first-order valence-corrected chi connectivity index (χ1v) is 7.20. The molecule has 116 valence electrons. The van der Waals surface area contributed by atoms with Crippen molar-refractivity contribution in [3.05, 3.63) is 47.3 Å². The van der Waals surface area contributed by atoms with Gasteiger partial charge in [0.1, 0.15) is 18.0 Å². The zero-order valence-electron chi connectivity index (χ0n) is 13.0. The highest BCUT2D eigenvalue weighted by Crippen LogP contribution is 2.32. The van der Waals surface area contributed by atoms with E-state index >= 15 is 0 Å². The fourth-order valence-electron chi connectivity index (χ4n) is 2.55. The van der Waals surface area contributed by atoms with E-state index in [1.165, 1.54) is 12.1 Å². The summed E-state index contributed by atoms with van der Waals surface area (Å²) in [6.45, 7) is 7.64. The minimum absolute atomic E-state index is 0.277. The monoisotopic (exact) mass is 294 g/mol. The Morgan fingerprint density at radius 3 is 2.48 bits per heavy atom. The van der Waals surface area contributed by atoms with Crippen molar-refractivity contribution < 1.29 is 19.0 Å². The number of benzene rings is 1. The van der Waals surface area contributed by atoms with E-state index < -0.39 is 18.0 Å². The Kier molecular flexibility index (Phi) is 4.81. The molecule has 0 radical (unpaired) electrons. The summed E-state index contributed by atoms with van der Waals surface area (Å²) in [5, 5.41) is 10.5. The van der Waals surface area contributed by atoms with Crippen LogP contribution in [0.4, 0.5) is 4.39 Å². The van der Waals surface area contributed by atoms with Gasteiger partial charge >= 0.3 is 0 Å². The highest BCUT2D eigenvalue weighted by Gasteiger charge is 2.43. The Morgan fingerprint density at radius 2 is 1.90 bits per heavy atom. The molecule has 3 atom stereocenters. The molecule has 4 heteroatoms. The fourth-order valence-corrected chi connectivity index (χ4v) is 2.55. The van der Waals surface area contributed by atoms with Crippen molar-refractivity contribution in [2.45, 2.75) is 58.2 Å². The van der Waals surface area contributed by atoms with Gasteiger partial charge in [-0.25, -0.2) is 4.39 Å². The van der Waals surface area contributed by atoms with Crippen molar-refractivity contribution in [2.75, 3.05) is 0 Å². The summed E-state index contributed by atoms with van der Waals surface area (Å²) < 4.78 is 24.6. The number of allylic oxidation sites excluding steroid dienone is 1. The van der Waals surface area contributed by atoms with Crippen molar-refractivity contribution in [2.24, 2.45) is 0 Å². The van der Waals surface area contributed by atoms with Gasteiger partial charge in [-0.3, -0.25) is 0 Å². The molecule has 0 aromatic heterocycles. The molecule has 3 nitrogen and oxygen atoms in total. The van der Waals surface area contributed by atoms with Gasteiger partial charge in [0.2, 0.25) is 0 Å². The number of aliphatic hydroxyl groups is 1. The number of ether oxygens (including phenoxy) is 2. The molecule has 1 N–H and O–H groups in total. The maximum absolute atomic E-state index is 12.9. The molecule has 1 unspecified atom stereocenters. The summed E-state index contributed by atoms with van der Waals surface area (Å²) in [6, 6.07) is 6.14. The van der Waals surface area contributed by atoms with Crippen molar-refractivity contribution in [1.29, 1.82) is 0 Å². The minimum Gasteiger partial charge on any atom is -0.390 e. The Hall–Kier alpha value is -1.23. The third-order valence-electron chi connectivity index (χ3n) is 3.40. The predicted molar refractivity (Wildman–Crippen MR) is 79.4 cm³/mol. The van der Waals surface area contributed by atoms with E-state index in [2.05, 4.69) is 0 Å². The number of rotatable bonds is 4. The number of aliphatic hydroxyl groups excluding tert-OH is 1. The Morgan fingerprint density at radius 1 is 1.29 bits per heavy atom. The fraction of sp³-hybridized carbons (Fsp3) is 0.529. The van der Waals surface area contributed by atoms with E-state index in [0.717, 1.165) is 11.1 Å². The minimum atomic E-state index is -0.717. The average Bonchev–Trinajstić information content (AvgIpc) is 2.66. The molecule has 0 spiro atoms. The molecule has 1 aliphatic rings. The summed E-state index contributed by atoms with van der Waals surface area (Å²) in [5.74, 6) is -0.998. The Labute approximate surface area is 125 Å². The summed E-state index contributed by atoms with van der Waals surface area (Å²) >= 11 is 0. The van der Waals surface area contributed by atoms with E-state index in [9.17, 15) is 9.50 Å². The Bertz CT molecular complexity index is 503. The van der Waals surface area contributed by atoms with Crippen LogP contribution in [-0.4, -0.2) is 29.2 Å². The lowest BCUT2D eigenvalue weighted by molar-refractivity contribution is -0.153. The molecule has 0 bridgehead atoms. The van der Waals surface area contributed by atoms with Crippen molar-refractivity contribution in [3.63, 3.8) is 0 Å². The Balaban J connectivity index is 2.10. The van der Waals surface area contributed by atoms with Gasteiger partial charge in [0.15, 0.2) is 5.79 Å². The first-order chi connectivity index (χ1) is 9.77. The first kappa shape index (κ1) is 16.1. The van der Waals surface area contributed by atoms with E-state index in [1.807, 2.05) is 33.8 Å². The van der Waals surface area contributed by atoms with Gasteiger partial charge in [-0.1, -0.05) is 23.8 Å². The smallest absolute Gasteiger partial charge is 0.164 e. The van der Waals surface area contributed by atoms with Gasteiger partial charge in [0, 0.05) is 6.42 Å². The quantitative estimate of drug-likeness (QED) is 0.867. The molecule has 0 saturated carbocycles. The van der Waals surface area contributed by atoms with E-state index in [1.54, 1.807) is 12.1 Å². The van der Waals surface area contributed by atoms with E-state index in [-0.39, 0.29) is 11.9 Å². The molecule has 1 aromatic carbocycles. The zero-order valence-corrected chi connectivity index (χ0v) is 13.0. The van der Waals surface area contributed by atoms with Crippen LogP contribution < -0.4 is 0 Å². The van der Waals surface area contributed by atoms with Crippen molar-refractivity contribution >= 4 is 0 Å². The highest BCUT2D eigenvalue weighted by atomic mass is 19.1. The summed E-state index contributed by atoms with van der Waals surface area (Å²) in [6.07, 6.45) is 0.948. The van der Waals surface area contributed by atoms with Gasteiger partial charge in [-0.15, -0.1) is 0 Å². The maximum atomic E-state index is 12.9. The van der Waals surface area contributed by atoms with E-state index in [4.69, 9.17) is 9.47 Å². The second-order valence-electron chi connectivity index (χ2n) is 6.21. The van der Waals surface area contributed by atoms with Crippen LogP contribution in [-0.2, 0) is 15.9 Å². The molecule has 1 aromatic rings. The third kappa shape index (κ3) is 4.37. The lowest BCUT2D eigenvalue weighted by Crippen LogP contribution is -2.36. The van der Waals surface area contributed by atoms with Gasteiger partial charge in [0.25, 0.3) is 0 Å². The molecule has 1 saturated heterocycles. The average molecular weight is 294 g/mol. The number of hydrogen-bond donors (Lipinski definition) is 1. The van der Waals surface area contributed by atoms with Crippen LogP contribution in [0.15, 0.2) is 35.9 Å². The van der Waals surface area contributed by atoms with Crippen LogP contribution in [0, 0.1) is 5.82 Å². The molecular weight excluding hydrogens is 271 g/mol. The van der Waals surface area contributed by atoms with Gasteiger partial charge < -0.3 is 14.6 Å². The normalized spacial score (nSPS) is 25.6.